The van der Waals surface area contributed by atoms with Crippen molar-refractivity contribution in [3.8, 4) is 46.0 Å². The molecule has 736 valence electrons. The number of aromatic nitrogens is 12. The highest BCUT2D eigenvalue weighted by atomic mass is 79.9. The normalized spacial score (nSPS) is 13.5. The summed E-state index contributed by atoms with van der Waals surface area (Å²) in [4.78, 5) is 0. The van der Waals surface area contributed by atoms with Crippen molar-refractivity contribution in [2.75, 3.05) is 76.4 Å². The van der Waals surface area contributed by atoms with E-state index in [1.54, 1.807) is 0 Å². The van der Waals surface area contributed by atoms with Crippen LogP contribution in [0.2, 0.25) is 0 Å². The molecule has 0 aliphatic rings. The highest BCUT2D eigenvalue weighted by molar-refractivity contribution is 9.11. The molecule has 0 radical (unpaired) electrons. The van der Waals surface area contributed by atoms with Crippen molar-refractivity contribution in [3.63, 3.8) is 0 Å². The van der Waals surface area contributed by atoms with Crippen LogP contribution in [0.5, 0.6) is 46.0 Å². The van der Waals surface area contributed by atoms with E-state index in [1.807, 2.05) is 149 Å². The molecule has 136 heavy (non-hydrogen) atoms. The largest absolute Gasteiger partial charge is 0.492 e. The summed E-state index contributed by atoms with van der Waals surface area (Å²) in [5, 5.41) is 70.5. The molecular formula is C100H120Br4Cl4F4N12O12. The fourth-order valence-electron chi connectivity index (χ4n) is 13.5. The summed E-state index contributed by atoms with van der Waals surface area (Å²) in [6, 6.07) is 55.8. The third-order valence-corrected chi connectivity index (χ3v) is 26.9. The predicted molar refractivity (Wildman–Crippen MR) is 538 cm³/mol. The van der Waals surface area contributed by atoms with E-state index in [2.05, 4.69) is 209 Å². The Morgan fingerprint density at radius 3 is 0.610 bits per heavy atom. The van der Waals surface area contributed by atoms with Crippen molar-refractivity contribution >= 4 is 110 Å². The maximum Gasteiger partial charge on any atom is 0.135 e. The average molecular weight is 2220 g/mol. The van der Waals surface area contributed by atoms with Crippen molar-refractivity contribution in [1.29, 1.82) is 0 Å². The third kappa shape index (κ3) is 33.8. The molecule has 0 spiro atoms. The first kappa shape index (κ1) is 111. The molecule has 4 aromatic heterocycles. The minimum atomic E-state index is -0.796. The Morgan fingerprint density at radius 1 is 0.279 bits per heavy atom. The van der Waals surface area contributed by atoms with Gasteiger partial charge in [0.25, 0.3) is 0 Å². The zero-order valence-electron chi connectivity index (χ0n) is 78.2. The summed E-state index contributed by atoms with van der Waals surface area (Å²) in [6.07, 6.45) is 2.70. The summed E-state index contributed by atoms with van der Waals surface area (Å²) in [6.45, 7) is 26.1. The summed E-state index contributed by atoms with van der Waals surface area (Å²) in [5.74, 6) is 9.16. The summed E-state index contributed by atoms with van der Waals surface area (Å²) >= 11 is 38.0. The van der Waals surface area contributed by atoms with Crippen molar-refractivity contribution in [1.82, 2.24) is 60.0 Å². The van der Waals surface area contributed by atoms with Crippen molar-refractivity contribution in [2.24, 2.45) is 23.7 Å². The number of ether oxygens (including phenoxy) is 8. The lowest BCUT2D eigenvalue weighted by Gasteiger charge is -2.27. The van der Waals surface area contributed by atoms with Crippen LogP contribution in [-0.2, 0) is 74.5 Å². The fourth-order valence-corrected chi connectivity index (χ4v) is 15.8. The highest BCUT2D eigenvalue weighted by Gasteiger charge is 2.30. The zero-order valence-corrected chi connectivity index (χ0v) is 87.6. The van der Waals surface area contributed by atoms with Crippen molar-refractivity contribution in [2.45, 2.75) is 182 Å². The second-order valence-corrected chi connectivity index (χ2v) is 40.2. The van der Waals surface area contributed by atoms with Gasteiger partial charge >= 0.3 is 0 Å². The molecule has 0 unspecified atom stereocenters. The van der Waals surface area contributed by atoms with Crippen LogP contribution in [0.4, 0.5) is 17.6 Å². The molecule has 0 saturated heterocycles. The standard InChI is InChI=1S/4C25H30BrClFN3O3/c4*1-17(11-27)15-34-24-9-6-19(10-23(24)26)25(2,3)18-4-7-22(8-5-18)33-16-21(32)14-31-13-20(12-28)29-30-31/h4*4-10,13,17,21,32H,11-12,14-16H2,1-3H3/t2*17-,21+;2*17-,21-/m1010/s1/i4*28-1. The molecule has 0 saturated carbocycles. The number of aliphatic hydroxyl groups is 4. The van der Waals surface area contributed by atoms with Gasteiger partial charge in [0.2, 0.25) is 0 Å². The molecule has 8 atom stereocenters. The third-order valence-electron chi connectivity index (χ3n) is 22.3. The lowest BCUT2D eigenvalue weighted by molar-refractivity contribution is 0.0887. The Labute approximate surface area is 847 Å². The molecule has 4 heterocycles. The summed E-state index contributed by atoms with van der Waals surface area (Å²) in [7, 11) is 0. The number of aliphatic hydroxyl groups excluding tert-OH is 4. The van der Waals surface area contributed by atoms with E-state index < -0.39 is 51.1 Å². The number of benzene rings is 8. The van der Waals surface area contributed by atoms with Gasteiger partial charge in [-0.2, -0.15) is 0 Å². The van der Waals surface area contributed by atoms with Gasteiger partial charge in [-0.05, 0) is 205 Å². The number of rotatable bonds is 48. The van der Waals surface area contributed by atoms with E-state index in [-0.39, 0.29) is 121 Å². The molecule has 36 heteroatoms. The van der Waals surface area contributed by atoms with Crippen molar-refractivity contribution < 1.29 is 75.9 Å². The first-order valence-corrected chi connectivity index (χ1v) is 49.6. The molecule has 12 aromatic rings. The molecule has 12 rings (SSSR count). The van der Waals surface area contributed by atoms with E-state index in [0.29, 0.717) is 72.9 Å². The van der Waals surface area contributed by atoms with Gasteiger partial charge in [0, 0.05) is 68.9 Å². The summed E-state index contributed by atoms with van der Waals surface area (Å²) < 4.78 is 106. The smallest absolute Gasteiger partial charge is 0.135 e. The van der Waals surface area contributed by atoms with Crippen LogP contribution in [0.15, 0.2) is 213 Å². The van der Waals surface area contributed by atoms with E-state index in [9.17, 15) is 38.0 Å². The maximum atomic E-state index is 12.6. The SMILES string of the molecule is C[C@@H](CCl)COc1ccc(C(C)(C)c2ccc(OC[C@@H](O)Cn3cc(C[18F])nn3)cc2)cc1Br.C[C@@H](CCl)COc1ccc(C(C)(C)c2ccc(OC[C@H](O)Cn3cc(C[18F])nn3)cc2)cc1Br.C[C@H](CCl)COc1ccc(C(C)(C)c2ccc(OC[C@@H](O)Cn3cc(C[18F])nn3)cc2)cc1Br.C[C@H](CCl)COc1ccc(C(C)(C)c2ccc(OC[C@H](O)Cn3cc(C[18F])nn3)cc2)cc1Br. The molecule has 0 aliphatic carbocycles. The lowest BCUT2D eigenvalue weighted by atomic mass is 9.78. The van der Waals surface area contributed by atoms with Crippen LogP contribution in [-0.4, -0.2) is 181 Å². The molecule has 0 fully saturated rings. The number of hydrogen-bond acceptors (Lipinski definition) is 20. The predicted octanol–water partition coefficient (Wildman–Crippen LogP) is 22.1. The van der Waals surface area contributed by atoms with Crippen LogP contribution in [0.3, 0.4) is 0 Å². The first-order chi connectivity index (χ1) is 64.9. The lowest BCUT2D eigenvalue weighted by Crippen LogP contribution is -2.24. The van der Waals surface area contributed by atoms with Gasteiger partial charge in [-0.25, -0.2) is 36.3 Å². The van der Waals surface area contributed by atoms with Gasteiger partial charge in [-0.15, -0.1) is 66.8 Å². The van der Waals surface area contributed by atoms with E-state index in [0.717, 1.165) is 85.4 Å². The van der Waals surface area contributed by atoms with Gasteiger partial charge in [0.1, 0.15) is 146 Å². The van der Waals surface area contributed by atoms with Gasteiger partial charge in [0.15, 0.2) is 0 Å². The second kappa shape index (κ2) is 54.2. The number of hydrogen-bond donors (Lipinski definition) is 4. The molecule has 0 amide bonds. The Hall–Kier alpha value is -8.64. The first-order valence-electron chi connectivity index (χ1n) is 44.3. The van der Waals surface area contributed by atoms with E-state index in [4.69, 9.17) is 84.3 Å². The van der Waals surface area contributed by atoms with E-state index >= 15 is 0 Å². The molecular weight excluding hydrogens is 2090 g/mol. The average Bonchev–Trinajstić information content (AvgIpc) is 0.932. The number of nitrogens with zero attached hydrogens (tertiary/aromatic N) is 12. The van der Waals surface area contributed by atoms with Crippen molar-refractivity contribution in [3.05, 3.63) is 280 Å². The van der Waals surface area contributed by atoms with Gasteiger partial charge in [-0.1, -0.05) is 177 Å². The van der Waals surface area contributed by atoms with Crippen LogP contribution < -0.4 is 37.9 Å². The molecule has 0 bridgehead atoms. The van der Waals surface area contributed by atoms with Gasteiger partial charge in [-0.3, -0.25) is 0 Å². The Morgan fingerprint density at radius 2 is 0.456 bits per heavy atom. The van der Waals surface area contributed by atoms with E-state index in [1.165, 1.54) is 43.5 Å². The quantitative estimate of drug-likeness (QED) is 0.0204. The minimum Gasteiger partial charge on any atom is -0.492 e. The highest BCUT2D eigenvalue weighted by Crippen LogP contribution is 2.42. The summed E-state index contributed by atoms with van der Waals surface area (Å²) in [5.41, 5.74) is 9.02. The fraction of sp³-hybridized carbons (Fsp3) is 0.440. The van der Waals surface area contributed by atoms with Crippen LogP contribution in [0.1, 0.15) is 150 Å². The van der Waals surface area contributed by atoms with Gasteiger partial charge < -0.3 is 58.3 Å². The number of halogens is 12. The minimum absolute atomic E-state index is 0.0876. The number of alkyl halides is 8. The zero-order chi connectivity index (χ0) is 98.9. The molecule has 24 nitrogen and oxygen atoms in total. The Bertz CT molecular complexity index is 4920. The Kier molecular flexibility index (Phi) is 44.3. The second-order valence-electron chi connectivity index (χ2n) is 35.6. The van der Waals surface area contributed by atoms with Gasteiger partial charge in [0.05, 0.1) is 95.3 Å². The van der Waals surface area contributed by atoms with Crippen LogP contribution >= 0.6 is 110 Å². The molecule has 0 aliphatic heterocycles. The Balaban J connectivity index is 0.000000203. The topological polar surface area (TPSA) is 278 Å². The molecule has 8 aromatic carbocycles. The molecule has 4 N–H and O–H groups in total. The monoisotopic (exact) mass is 2210 g/mol. The maximum absolute atomic E-state index is 12.6. The van der Waals surface area contributed by atoms with Crippen LogP contribution in [0, 0.1) is 23.7 Å². The van der Waals surface area contributed by atoms with Crippen LogP contribution in [0.25, 0.3) is 0 Å².